The summed E-state index contributed by atoms with van der Waals surface area (Å²) in [5.74, 6) is 0.845. The fourth-order valence-corrected chi connectivity index (χ4v) is 4.15. The Morgan fingerprint density at radius 3 is 2.84 bits per heavy atom. The van der Waals surface area contributed by atoms with Crippen LogP contribution in [0.4, 0.5) is 0 Å². The Morgan fingerprint density at radius 2 is 2.20 bits per heavy atom. The summed E-state index contributed by atoms with van der Waals surface area (Å²) in [6.07, 6.45) is 4.65. The highest BCUT2D eigenvalue weighted by molar-refractivity contribution is 6.00. The van der Waals surface area contributed by atoms with Gasteiger partial charge in [0.05, 0.1) is 17.2 Å². The van der Waals surface area contributed by atoms with Gasteiger partial charge in [0.15, 0.2) is 5.82 Å². The molecule has 6 heteroatoms. The Bertz CT molecular complexity index is 782. The summed E-state index contributed by atoms with van der Waals surface area (Å²) in [5.41, 5.74) is 1.38. The first-order valence-corrected chi connectivity index (χ1v) is 8.96. The van der Waals surface area contributed by atoms with E-state index in [-0.39, 0.29) is 23.5 Å². The summed E-state index contributed by atoms with van der Waals surface area (Å²) in [4.78, 5) is 17.2. The predicted molar refractivity (Wildman–Crippen MR) is 92.0 cm³/mol. The first-order valence-electron chi connectivity index (χ1n) is 8.96. The summed E-state index contributed by atoms with van der Waals surface area (Å²) in [5, 5.41) is 7.05. The summed E-state index contributed by atoms with van der Waals surface area (Å²) in [6.45, 7) is 4.52. The summed E-state index contributed by atoms with van der Waals surface area (Å²) >= 11 is 0. The van der Waals surface area contributed by atoms with Gasteiger partial charge in [0.25, 0.3) is 11.8 Å². The van der Waals surface area contributed by atoms with Crippen LogP contribution in [0.5, 0.6) is 0 Å². The minimum absolute atomic E-state index is 0.0855. The number of carbonyl (C=O) groups is 1. The summed E-state index contributed by atoms with van der Waals surface area (Å²) in [7, 11) is 0. The highest BCUT2D eigenvalue weighted by Crippen LogP contribution is 2.57. The molecule has 1 amide bonds. The minimum atomic E-state index is -0.0855. The van der Waals surface area contributed by atoms with Crippen LogP contribution >= 0.6 is 0 Å². The number of hydrogen-bond donors (Lipinski definition) is 1. The Kier molecular flexibility index (Phi) is 4.07. The topological polar surface area (TPSA) is 77.2 Å². The second-order valence-corrected chi connectivity index (χ2v) is 6.98. The molecule has 2 aliphatic rings. The Balaban J connectivity index is 1.53. The van der Waals surface area contributed by atoms with Gasteiger partial charge in [-0.05, 0) is 45.2 Å². The monoisotopic (exact) mass is 341 g/mol. The van der Waals surface area contributed by atoms with Gasteiger partial charge in [-0.2, -0.15) is 4.98 Å². The van der Waals surface area contributed by atoms with E-state index in [1.807, 2.05) is 25.1 Å². The number of aromatic nitrogens is 2. The zero-order chi connectivity index (χ0) is 17.4. The van der Waals surface area contributed by atoms with Crippen molar-refractivity contribution in [3.8, 4) is 11.5 Å². The second-order valence-electron chi connectivity index (χ2n) is 6.98. The third-order valence-electron chi connectivity index (χ3n) is 5.67. The molecule has 0 aliphatic heterocycles. The van der Waals surface area contributed by atoms with Crippen LogP contribution < -0.4 is 5.32 Å². The van der Waals surface area contributed by atoms with E-state index in [1.165, 1.54) is 6.42 Å². The van der Waals surface area contributed by atoms with Crippen molar-refractivity contribution in [2.24, 2.45) is 5.41 Å². The zero-order valence-electron chi connectivity index (χ0n) is 14.6. The molecule has 2 atom stereocenters. The van der Waals surface area contributed by atoms with Crippen LogP contribution in [0.15, 0.2) is 28.8 Å². The van der Waals surface area contributed by atoms with Gasteiger partial charge < -0.3 is 14.6 Å². The molecule has 0 bridgehead atoms. The van der Waals surface area contributed by atoms with E-state index in [0.29, 0.717) is 22.8 Å². The Hall–Kier alpha value is -2.21. The molecule has 1 aromatic heterocycles. The second kappa shape index (κ2) is 6.26. The van der Waals surface area contributed by atoms with Gasteiger partial charge >= 0.3 is 0 Å². The van der Waals surface area contributed by atoms with Crippen LogP contribution in [0.2, 0.25) is 0 Å². The molecule has 2 fully saturated rings. The lowest BCUT2D eigenvalue weighted by Gasteiger charge is -2.61. The van der Waals surface area contributed by atoms with Gasteiger partial charge in [-0.3, -0.25) is 4.79 Å². The molecule has 0 radical (unpaired) electrons. The summed E-state index contributed by atoms with van der Waals surface area (Å²) < 4.78 is 11.1. The predicted octanol–water partition coefficient (Wildman–Crippen LogP) is 3.12. The fraction of sp³-hybridized carbons (Fsp3) is 0.526. The third kappa shape index (κ3) is 2.65. The molecule has 4 rings (SSSR count). The zero-order valence-corrected chi connectivity index (χ0v) is 14.6. The molecule has 1 N–H and O–H groups in total. The van der Waals surface area contributed by atoms with Crippen molar-refractivity contribution in [3.63, 3.8) is 0 Å². The quantitative estimate of drug-likeness (QED) is 0.904. The van der Waals surface area contributed by atoms with Crippen LogP contribution in [0.3, 0.4) is 0 Å². The van der Waals surface area contributed by atoms with E-state index < -0.39 is 0 Å². The van der Waals surface area contributed by atoms with E-state index in [9.17, 15) is 4.79 Å². The number of ether oxygens (including phenoxy) is 1. The van der Waals surface area contributed by atoms with Crippen LogP contribution in [0.1, 0.15) is 48.8 Å². The molecule has 132 valence electrons. The lowest BCUT2D eigenvalue weighted by molar-refractivity contribution is -0.169. The molecule has 25 heavy (non-hydrogen) atoms. The molecule has 6 nitrogen and oxygen atoms in total. The number of nitrogens with one attached hydrogen (secondary N) is 1. The number of aryl methyl sites for hydroxylation is 1. The van der Waals surface area contributed by atoms with Crippen LogP contribution in [0.25, 0.3) is 11.5 Å². The highest BCUT2D eigenvalue weighted by atomic mass is 16.5. The number of nitrogens with zero attached hydrogens (tertiary/aromatic N) is 2. The normalized spacial score (nSPS) is 23.8. The van der Waals surface area contributed by atoms with E-state index in [2.05, 4.69) is 15.5 Å². The Morgan fingerprint density at radius 1 is 1.40 bits per heavy atom. The maximum atomic E-state index is 12.9. The number of amides is 1. The van der Waals surface area contributed by atoms with Crippen molar-refractivity contribution in [1.29, 1.82) is 0 Å². The molecule has 2 saturated carbocycles. The van der Waals surface area contributed by atoms with Crippen molar-refractivity contribution >= 4 is 5.91 Å². The van der Waals surface area contributed by atoms with Gasteiger partial charge in [-0.1, -0.05) is 23.7 Å². The highest BCUT2D eigenvalue weighted by Gasteiger charge is 2.59. The van der Waals surface area contributed by atoms with E-state index in [4.69, 9.17) is 9.26 Å². The van der Waals surface area contributed by atoms with E-state index in [0.717, 1.165) is 25.9 Å². The summed E-state index contributed by atoms with van der Waals surface area (Å²) in [6, 6.07) is 7.54. The van der Waals surface area contributed by atoms with E-state index >= 15 is 0 Å². The van der Waals surface area contributed by atoms with Crippen molar-refractivity contribution in [2.75, 3.05) is 6.61 Å². The van der Waals surface area contributed by atoms with Gasteiger partial charge in [0.1, 0.15) is 0 Å². The van der Waals surface area contributed by atoms with Crippen molar-refractivity contribution in [2.45, 2.75) is 51.7 Å². The van der Waals surface area contributed by atoms with Gasteiger partial charge in [-0.15, -0.1) is 0 Å². The van der Waals surface area contributed by atoms with Crippen molar-refractivity contribution in [3.05, 3.63) is 35.7 Å². The van der Waals surface area contributed by atoms with Crippen molar-refractivity contribution in [1.82, 2.24) is 15.5 Å². The fourth-order valence-electron chi connectivity index (χ4n) is 4.15. The molecule has 1 aromatic carbocycles. The SMILES string of the molecule is CCO[C@@H]1C[C@@H](NC(=O)c2ccccc2-c2nc(C)no2)C12CCC2. The smallest absolute Gasteiger partial charge is 0.258 e. The first kappa shape index (κ1) is 16.3. The van der Waals surface area contributed by atoms with Crippen molar-refractivity contribution < 1.29 is 14.1 Å². The van der Waals surface area contributed by atoms with Gasteiger partial charge in [-0.25, -0.2) is 0 Å². The molecular formula is C19H23N3O3. The molecule has 1 spiro atoms. The molecule has 0 saturated heterocycles. The van der Waals surface area contributed by atoms with Crippen LogP contribution in [0, 0.1) is 12.3 Å². The standard InChI is InChI=1S/C19H23N3O3/c1-3-24-16-11-15(19(16)9-6-10-19)21-17(23)13-7-4-5-8-14(13)18-20-12(2)22-25-18/h4-5,7-8,15-16H,3,6,9-11H2,1-2H3,(H,21,23)/t15-,16-/m1/s1. The largest absolute Gasteiger partial charge is 0.378 e. The lowest BCUT2D eigenvalue weighted by atomic mass is 9.51. The number of carbonyl (C=O) groups excluding carboxylic acids is 1. The molecule has 0 unspecified atom stereocenters. The number of rotatable bonds is 5. The molecular weight excluding hydrogens is 318 g/mol. The number of hydrogen-bond acceptors (Lipinski definition) is 5. The average Bonchev–Trinajstić information content (AvgIpc) is 2.98. The third-order valence-corrected chi connectivity index (χ3v) is 5.67. The maximum absolute atomic E-state index is 12.9. The lowest BCUT2D eigenvalue weighted by Crippen LogP contribution is -2.67. The van der Waals surface area contributed by atoms with Gasteiger partial charge in [0, 0.05) is 18.1 Å². The maximum Gasteiger partial charge on any atom is 0.258 e. The van der Waals surface area contributed by atoms with Gasteiger partial charge in [0.2, 0.25) is 0 Å². The van der Waals surface area contributed by atoms with E-state index in [1.54, 1.807) is 13.0 Å². The Labute approximate surface area is 147 Å². The average molecular weight is 341 g/mol. The molecule has 1 heterocycles. The molecule has 2 aliphatic carbocycles. The number of benzene rings is 1. The van der Waals surface area contributed by atoms with Crippen LogP contribution in [-0.2, 0) is 4.74 Å². The first-order chi connectivity index (χ1) is 12.1. The molecule has 2 aromatic rings. The minimum Gasteiger partial charge on any atom is -0.378 e. The van der Waals surface area contributed by atoms with Crippen LogP contribution in [-0.4, -0.2) is 34.8 Å².